The van der Waals surface area contributed by atoms with Crippen molar-refractivity contribution in [2.45, 2.75) is 85.1 Å². The molecule has 9 nitrogen and oxygen atoms in total. The number of hydrogen-bond donors (Lipinski definition) is 3. The highest BCUT2D eigenvalue weighted by molar-refractivity contribution is 5.95. The molecule has 220 valence electrons. The number of ether oxygens (including phenoxy) is 1. The van der Waals surface area contributed by atoms with Crippen LogP contribution in [0.15, 0.2) is 35.1 Å². The second-order valence-corrected chi connectivity index (χ2v) is 11.9. The summed E-state index contributed by atoms with van der Waals surface area (Å²) in [5.74, 6) is 2.62. The van der Waals surface area contributed by atoms with Crippen LogP contribution in [0.25, 0.3) is 0 Å². The molecule has 0 radical (unpaired) electrons. The molecule has 1 aliphatic carbocycles. The number of pyridine rings is 1. The third kappa shape index (κ3) is 7.45. The number of oxazole rings is 1. The molecular weight excluding hydrogens is 518 g/mol. The topological polar surface area (TPSA) is 113 Å². The number of aliphatic hydroxyl groups is 1. The van der Waals surface area contributed by atoms with Crippen LogP contribution in [0.2, 0.25) is 0 Å². The standard InChI is InChI=1S/C32H43N5O4/c1-20(2)12-26-13-24(14-31(36-26)35-25-6-5-7-25)32(39)33-15-27(38)17-37-11-10-28-21(3)29(9-8-23(28)16-37)40-18-30-22(4)34-19-41-30/h8-9,13-14,19-20,25,27,38H,5-7,10-12,15-18H2,1-4H3,(H,33,39)(H,35,36). The molecule has 5 rings (SSSR count). The van der Waals surface area contributed by atoms with Crippen LogP contribution in [-0.4, -0.2) is 57.7 Å². The number of carbonyl (C=O) groups is 1. The summed E-state index contributed by atoms with van der Waals surface area (Å²) in [7, 11) is 0. The Morgan fingerprint density at radius 1 is 1.24 bits per heavy atom. The van der Waals surface area contributed by atoms with Crippen molar-refractivity contribution in [2.75, 3.05) is 25.0 Å². The van der Waals surface area contributed by atoms with Crippen molar-refractivity contribution in [2.24, 2.45) is 5.92 Å². The van der Waals surface area contributed by atoms with E-state index < -0.39 is 6.10 Å². The number of amides is 1. The van der Waals surface area contributed by atoms with Gasteiger partial charge < -0.3 is 24.9 Å². The molecule has 1 fully saturated rings. The number of aromatic nitrogens is 2. The van der Waals surface area contributed by atoms with E-state index in [1.807, 2.05) is 25.1 Å². The van der Waals surface area contributed by atoms with Gasteiger partial charge in [0.25, 0.3) is 5.91 Å². The highest BCUT2D eigenvalue weighted by Gasteiger charge is 2.23. The molecule has 3 heterocycles. The van der Waals surface area contributed by atoms with Crippen LogP contribution in [0.1, 0.15) is 77.3 Å². The van der Waals surface area contributed by atoms with Crippen LogP contribution in [-0.2, 0) is 26.0 Å². The van der Waals surface area contributed by atoms with Gasteiger partial charge in [0.2, 0.25) is 0 Å². The predicted octanol–water partition coefficient (Wildman–Crippen LogP) is 4.58. The molecule has 2 aliphatic rings. The molecule has 1 aromatic carbocycles. The number of benzene rings is 1. The molecule has 1 amide bonds. The second-order valence-electron chi connectivity index (χ2n) is 11.9. The molecule has 3 N–H and O–H groups in total. The molecule has 2 aromatic heterocycles. The lowest BCUT2D eigenvalue weighted by atomic mass is 9.93. The van der Waals surface area contributed by atoms with Gasteiger partial charge in [-0.2, -0.15) is 0 Å². The monoisotopic (exact) mass is 561 g/mol. The minimum Gasteiger partial charge on any atom is -0.485 e. The first-order valence-electron chi connectivity index (χ1n) is 14.8. The third-order valence-corrected chi connectivity index (χ3v) is 8.10. The van der Waals surface area contributed by atoms with Gasteiger partial charge in [0.15, 0.2) is 12.2 Å². The quantitative estimate of drug-likeness (QED) is 0.295. The van der Waals surface area contributed by atoms with Crippen molar-refractivity contribution in [1.82, 2.24) is 20.2 Å². The van der Waals surface area contributed by atoms with Gasteiger partial charge in [-0.1, -0.05) is 19.9 Å². The number of rotatable bonds is 12. The smallest absolute Gasteiger partial charge is 0.251 e. The summed E-state index contributed by atoms with van der Waals surface area (Å²) in [4.78, 5) is 24.2. The molecule has 0 spiro atoms. The Hall–Kier alpha value is -3.43. The largest absolute Gasteiger partial charge is 0.485 e. The first-order valence-corrected chi connectivity index (χ1v) is 14.8. The van der Waals surface area contributed by atoms with E-state index in [0.29, 0.717) is 30.7 Å². The van der Waals surface area contributed by atoms with E-state index in [1.54, 1.807) is 0 Å². The Morgan fingerprint density at radius 3 is 2.78 bits per heavy atom. The summed E-state index contributed by atoms with van der Waals surface area (Å²) in [6.45, 7) is 10.9. The van der Waals surface area contributed by atoms with Gasteiger partial charge in [-0.3, -0.25) is 9.69 Å². The predicted molar refractivity (Wildman–Crippen MR) is 158 cm³/mol. The summed E-state index contributed by atoms with van der Waals surface area (Å²) in [5.41, 5.74) is 6.04. The molecule has 0 saturated heterocycles. The van der Waals surface area contributed by atoms with E-state index in [1.165, 1.54) is 23.9 Å². The molecule has 0 bridgehead atoms. The third-order valence-electron chi connectivity index (χ3n) is 8.10. The molecule has 1 unspecified atom stereocenters. The van der Waals surface area contributed by atoms with Crippen LogP contribution in [0.3, 0.4) is 0 Å². The number of β-amino-alcohol motifs (C(OH)–C–C–N with tert-alkyl or cyclic N) is 1. The van der Waals surface area contributed by atoms with Gasteiger partial charge in [0, 0.05) is 43.5 Å². The zero-order valence-corrected chi connectivity index (χ0v) is 24.7. The molecule has 3 aromatic rings. The van der Waals surface area contributed by atoms with Gasteiger partial charge in [-0.25, -0.2) is 9.97 Å². The van der Waals surface area contributed by atoms with Gasteiger partial charge in [-0.05, 0) is 86.8 Å². The lowest BCUT2D eigenvalue weighted by Gasteiger charge is -2.31. The number of aryl methyl sites for hydroxylation is 1. The van der Waals surface area contributed by atoms with Crippen molar-refractivity contribution in [3.8, 4) is 5.75 Å². The maximum Gasteiger partial charge on any atom is 0.251 e. The highest BCUT2D eigenvalue weighted by atomic mass is 16.5. The second kappa shape index (κ2) is 13.0. The summed E-state index contributed by atoms with van der Waals surface area (Å²) in [5, 5.41) is 17.2. The SMILES string of the molecule is Cc1ncoc1COc1ccc2c(c1C)CCN(CC(O)CNC(=O)c1cc(CC(C)C)nc(NC3CCC3)c1)C2. The van der Waals surface area contributed by atoms with E-state index in [4.69, 9.17) is 14.1 Å². The highest BCUT2D eigenvalue weighted by Crippen LogP contribution is 2.30. The van der Waals surface area contributed by atoms with E-state index in [0.717, 1.165) is 73.1 Å². The minimum absolute atomic E-state index is 0.180. The van der Waals surface area contributed by atoms with Crippen molar-refractivity contribution in [1.29, 1.82) is 0 Å². The minimum atomic E-state index is -0.668. The lowest BCUT2D eigenvalue weighted by Crippen LogP contribution is -2.42. The fourth-order valence-electron chi connectivity index (χ4n) is 5.55. The first-order chi connectivity index (χ1) is 19.7. The zero-order chi connectivity index (χ0) is 28.9. The molecule has 41 heavy (non-hydrogen) atoms. The van der Waals surface area contributed by atoms with Crippen molar-refractivity contribution < 1.29 is 19.1 Å². The molecule has 9 heteroatoms. The Kier molecular flexibility index (Phi) is 9.25. The molecule has 1 aliphatic heterocycles. The molecular formula is C32H43N5O4. The van der Waals surface area contributed by atoms with Crippen LogP contribution in [0.4, 0.5) is 5.82 Å². The number of nitrogens with one attached hydrogen (secondary N) is 2. The van der Waals surface area contributed by atoms with Crippen molar-refractivity contribution in [3.05, 3.63) is 70.1 Å². The Balaban J connectivity index is 1.14. The van der Waals surface area contributed by atoms with Crippen molar-refractivity contribution in [3.63, 3.8) is 0 Å². The molecule has 1 atom stereocenters. The van der Waals surface area contributed by atoms with Gasteiger partial charge in [0.1, 0.15) is 18.2 Å². The van der Waals surface area contributed by atoms with Crippen molar-refractivity contribution >= 4 is 11.7 Å². The maximum absolute atomic E-state index is 13.1. The van der Waals surface area contributed by atoms with E-state index in [9.17, 15) is 9.90 Å². The van der Waals surface area contributed by atoms with Crippen LogP contribution >= 0.6 is 0 Å². The van der Waals surface area contributed by atoms with Gasteiger partial charge >= 0.3 is 0 Å². The summed E-state index contributed by atoms with van der Waals surface area (Å²) in [6, 6.07) is 8.27. The zero-order valence-electron chi connectivity index (χ0n) is 24.7. The van der Waals surface area contributed by atoms with Gasteiger partial charge in [0.05, 0.1) is 11.8 Å². The van der Waals surface area contributed by atoms with Gasteiger partial charge in [-0.15, -0.1) is 0 Å². The molecule has 1 saturated carbocycles. The Labute approximate surface area is 242 Å². The average Bonchev–Trinajstić information content (AvgIpc) is 3.33. The summed E-state index contributed by atoms with van der Waals surface area (Å²) in [6.07, 6.45) is 5.98. The fourth-order valence-corrected chi connectivity index (χ4v) is 5.55. The number of carbonyl (C=O) groups excluding carboxylic acids is 1. The number of anilines is 1. The Morgan fingerprint density at radius 2 is 2.07 bits per heavy atom. The van der Waals surface area contributed by atoms with Crippen LogP contribution in [0, 0.1) is 19.8 Å². The number of aliphatic hydroxyl groups excluding tert-OH is 1. The lowest BCUT2D eigenvalue weighted by molar-refractivity contribution is 0.0841. The summed E-state index contributed by atoms with van der Waals surface area (Å²) < 4.78 is 11.4. The number of nitrogens with zero attached hydrogens (tertiary/aromatic N) is 3. The first kappa shape index (κ1) is 29.1. The van der Waals surface area contributed by atoms with E-state index >= 15 is 0 Å². The van der Waals surface area contributed by atoms with E-state index in [-0.39, 0.29) is 12.5 Å². The normalized spacial score (nSPS) is 16.2. The maximum atomic E-state index is 13.1. The number of fused-ring (bicyclic) bond motifs is 1. The fraction of sp³-hybridized carbons (Fsp3) is 0.531. The Bertz CT molecular complexity index is 1350. The summed E-state index contributed by atoms with van der Waals surface area (Å²) >= 11 is 0. The average molecular weight is 562 g/mol. The van der Waals surface area contributed by atoms with E-state index in [2.05, 4.69) is 47.4 Å². The van der Waals surface area contributed by atoms with Crippen LogP contribution in [0.5, 0.6) is 5.75 Å². The number of hydrogen-bond acceptors (Lipinski definition) is 8. The van der Waals surface area contributed by atoms with Crippen LogP contribution < -0.4 is 15.4 Å².